The van der Waals surface area contributed by atoms with Gasteiger partial charge >= 0.3 is 0 Å². The van der Waals surface area contributed by atoms with Crippen molar-refractivity contribution in [2.45, 2.75) is 19.3 Å². The molecule has 0 saturated heterocycles. The van der Waals surface area contributed by atoms with E-state index in [1.807, 2.05) is 12.1 Å². The Morgan fingerprint density at radius 3 is 1.66 bits per heavy atom. The van der Waals surface area contributed by atoms with E-state index < -0.39 is 0 Å². The molecule has 56 heavy (non-hydrogen) atoms. The van der Waals surface area contributed by atoms with Gasteiger partial charge in [0, 0.05) is 56.4 Å². The van der Waals surface area contributed by atoms with Crippen LogP contribution in [0.1, 0.15) is 25.0 Å². The van der Waals surface area contributed by atoms with E-state index in [2.05, 4.69) is 206 Å². The maximum atomic E-state index is 6.38. The highest BCUT2D eigenvalue weighted by Crippen LogP contribution is 2.51. The van der Waals surface area contributed by atoms with Crippen LogP contribution in [0.25, 0.3) is 54.6 Å². The van der Waals surface area contributed by atoms with Crippen LogP contribution in [0.4, 0.5) is 34.1 Å². The van der Waals surface area contributed by atoms with Crippen LogP contribution in [-0.2, 0) is 5.41 Å². The van der Waals surface area contributed by atoms with E-state index in [9.17, 15) is 0 Å². The fourth-order valence-corrected chi connectivity index (χ4v) is 9.05. The second-order valence-electron chi connectivity index (χ2n) is 15.4. The molecule has 1 aromatic heterocycles. The van der Waals surface area contributed by atoms with Crippen molar-refractivity contribution in [2.75, 3.05) is 9.80 Å². The van der Waals surface area contributed by atoms with Crippen LogP contribution in [0.3, 0.4) is 0 Å². The molecule has 10 aromatic rings. The van der Waals surface area contributed by atoms with E-state index in [4.69, 9.17) is 4.42 Å². The second kappa shape index (κ2) is 12.5. The van der Waals surface area contributed by atoms with Crippen molar-refractivity contribution in [1.29, 1.82) is 0 Å². The Kier molecular flexibility index (Phi) is 7.20. The van der Waals surface area contributed by atoms with Gasteiger partial charge in [-0.3, -0.25) is 0 Å². The molecule has 0 unspecified atom stereocenters. The lowest BCUT2D eigenvalue weighted by atomic mass is 9.81. The Morgan fingerprint density at radius 2 is 0.893 bits per heavy atom. The lowest BCUT2D eigenvalue weighted by molar-refractivity contribution is 0.661. The molecule has 0 fully saturated rings. The van der Waals surface area contributed by atoms with Gasteiger partial charge in [-0.25, -0.2) is 0 Å². The SMILES string of the molecule is CC1(C)c2ccccc2-c2cc3ccc4ccc(N(c5ccccc5)c5cccc(N(c6ccccc6)c6ccc7c(c6)oc6ccccc67)c5)cc4c3cc21. The smallest absolute Gasteiger partial charge is 0.137 e. The minimum atomic E-state index is -0.0734. The van der Waals surface area contributed by atoms with Crippen molar-refractivity contribution in [1.82, 2.24) is 0 Å². The van der Waals surface area contributed by atoms with Crippen molar-refractivity contribution in [3.05, 3.63) is 205 Å². The summed E-state index contributed by atoms with van der Waals surface area (Å²) >= 11 is 0. The Bertz CT molecular complexity index is 3120. The second-order valence-corrected chi connectivity index (χ2v) is 15.4. The number of hydrogen-bond donors (Lipinski definition) is 0. The number of hydrogen-bond acceptors (Lipinski definition) is 3. The highest BCUT2D eigenvalue weighted by atomic mass is 16.3. The third-order valence-corrected chi connectivity index (χ3v) is 11.8. The van der Waals surface area contributed by atoms with Crippen LogP contribution in [0, 0.1) is 0 Å². The minimum absolute atomic E-state index is 0.0734. The highest BCUT2D eigenvalue weighted by Gasteiger charge is 2.35. The topological polar surface area (TPSA) is 19.6 Å². The van der Waals surface area contributed by atoms with Gasteiger partial charge in [-0.1, -0.05) is 117 Å². The molecule has 11 rings (SSSR count). The van der Waals surface area contributed by atoms with E-state index in [1.165, 1.54) is 43.8 Å². The molecule has 1 heterocycles. The molecular weight excluding hydrogens is 681 g/mol. The minimum Gasteiger partial charge on any atom is -0.456 e. The van der Waals surface area contributed by atoms with E-state index >= 15 is 0 Å². The molecule has 0 saturated carbocycles. The summed E-state index contributed by atoms with van der Waals surface area (Å²) < 4.78 is 6.38. The maximum absolute atomic E-state index is 6.38. The molecule has 1 aliphatic carbocycles. The molecule has 1 aliphatic rings. The van der Waals surface area contributed by atoms with Gasteiger partial charge in [0.15, 0.2) is 0 Å². The molecular formula is C53H38N2O. The van der Waals surface area contributed by atoms with Crippen LogP contribution in [0.5, 0.6) is 0 Å². The molecule has 0 spiro atoms. The van der Waals surface area contributed by atoms with Gasteiger partial charge < -0.3 is 14.2 Å². The van der Waals surface area contributed by atoms with Crippen LogP contribution < -0.4 is 9.80 Å². The molecule has 9 aromatic carbocycles. The summed E-state index contributed by atoms with van der Waals surface area (Å²) in [7, 11) is 0. The normalized spacial score (nSPS) is 13.0. The Hall–Kier alpha value is -7.10. The van der Waals surface area contributed by atoms with Gasteiger partial charge in [-0.05, 0) is 129 Å². The summed E-state index contributed by atoms with van der Waals surface area (Å²) in [5, 5.41) is 7.26. The summed E-state index contributed by atoms with van der Waals surface area (Å²) in [4.78, 5) is 4.69. The largest absolute Gasteiger partial charge is 0.456 e. The lowest BCUT2D eigenvalue weighted by Crippen LogP contribution is -2.14. The molecule has 0 atom stereocenters. The van der Waals surface area contributed by atoms with Crippen molar-refractivity contribution in [3.63, 3.8) is 0 Å². The summed E-state index contributed by atoms with van der Waals surface area (Å²) in [6.07, 6.45) is 0. The first-order chi connectivity index (χ1) is 27.5. The van der Waals surface area contributed by atoms with Crippen LogP contribution in [-0.4, -0.2) is 0 Å². The maximum Gasteiger partial charge on any atom is 0.137 e. The van der Waals surface area contributed by atoms with E-state index in [0.717, 1.165) is 56.1 Å². The van der Waals surface area contributed by atoms with Crippen molar-refractivity contribution in [2.24, 2.45) is 0 Å². The molecule has 0 bridgehead atoms. The monoisotopic (exact) mass is 718 g/mol. The van der Waals surface area contributed by atoms with Gasteiger partial charge in [0.1, 0.15) is 11.2 Å². The van der Waals surface area contributed by atoms with Gasteiger partial charge in [0.2, 0.25) is 0 Å². The molecule has 266 valence electrons. The summed E-state index contributed by atoms with van der Waals surface area (Å²) in [5.41, 5.74) is 13.6. The van der Waals surface area contributed by atoms with E-state index in [0.29, 0.717) is 0 Å². The number of benzene rings is 9. The molecule has 3 heteroatoms. The number of anilines is 6. The predicted octanol–water partition coefficient (Wildman–Crippen LogP) is 15.1. The van der Waals surface area contributed by atoms with Crippen LogP contribution in [0.2, 0.25) is 0 Å². The average Bonchev–Trinajstić information content (AvgIpc) is 3.72. The molecule has 0 amide bonds. The fraction of sp³-hybridized carbons (Fsp3) is 0.0566. The van der Waals surface area contributed by atoms with Crippen LogP contribution >= 0.6 is 0 Å². The van der Waals surface area contributed by atoms with Crippen molar-refractivity contribution >= 4 is 77.6 Å². The Morgan fingerprint density at radius 1 is 0.339 bits per heavy atom. The molecule has 3 nitrogen and oxygen atoms in total. The zero-order valence-electron chi connectivity index (χ0n) is 31.3. The number of fused-ring (bicyclic) bond motifs is 9. The van der Waals surface area contributed by atoms with E-state index in [-0.39, 0.29) is 5.41 Å². The van der Waals surface area contributed by atoms with Gasteiger partial charge in [-0.15, -0.1) is 0 Å². The van der Waals surface area contributed by atoms with Crippen molar-refractivity contribution in [3.8, 4) is 11.1 Å². The first kappa shape index (κ1) is 32.3. The van der Waals surface area contributed by atoms with Gasteiger partial charge in [0.25, 0.3) is 0 Å². The van der Waals surface area contributed by atoms with Crippen molar-refractivity contribution < 1.29 is 4.42 Å². The third kappa shape index (κ3) is 5.05. The summed E-state index contributed by atoms with van der Waals surface area (Å²) in [6, 6.07) is 70.1. The standard InChI is InChI=1S/C53H38N2O/c1-53(2)49-22-11-9-20-43(49)48-30-36-25-24-35-26-27-41(32-46(35)47(36)34-50(48)53)54(37-14-5-3-6-15-37)39-18-13-19-40(31-39)55(38-16-7-4-8-17-38)42-28-29-45-44-21-10-12-23-51(44)56-52(45)33-42/h3-34H,1-2H3. The third-order valence-electron chi connectivity index (χ3n) is 11.8. The highest BCUT2D eigenvalue weighted by molar-refractivity contribution is 6.11. The van der Waals surface area contributed by atoms with Gasteiger partial charge in [-0.2, -0.15) is 0 Å². The first-order valence-electron chi connectivity index (χ1n) is 19.3. The Balaban J connectivity index is 1.07. The zero-order chi connectivity index (χ0) is 37.4. The average molecular weight is 719 g/mol. The lowest BCUT2D eigenvalue weighted by Gasteiger charge is -2.29. The first-order valence-corrected chi connectivity index (χ1v) is 19.3. The Labute approximate surface area is 326 Å². The number of para-hydroxylation sites is 3. The molecule has 0 N–H and O–H groups in total. The van der Waals surface area contributed by atoms with E-state index in [1.54, 1.807) is 0 Å². The molecule has 0 radical (unpaired) electrons. The number of nitrogens with zero attached hydrogens (tertiary/aromatic N) is 2. The molecule has 0 aliphatic heterocycles. The summed E-state index contributed by atoms with van der Waals surface area (Å²) in [6.45, 7) is 4.72. The summed E-state index contributed by atoms with van der Waals surface area (Å²) in [5.74, 6) is 0. The fourth-order valence-electron chi connectivity index (χ4n) is 9.05. The quantitative estimate of drug-likeness (QED) is 0.160. The number of rotatable bonds is 6. The van der Waals surface area contributed by atoms with Crippen LogP contribution in [0.15, 0.2) is 199 Å². The zero-order valence-corrected chi connectivity index (χ0v) is 31.3. The predicted molar refractivity (Wildman–Crippen MR) is 236 cm³/mol. The number of furan rings is 1. The van der Waals surface area contributed by atoms with Gasteiger partial charge in [0.05, 0.1) is 0 Å².